The summed E-state index contributed by atoms with van der Waals surface area (Å²) in [6, 6.07) is 15.9. The summed E-state index contributed by atoms with van der Waals surface area (Å²) in [5.41, 5.74) is 13.9. The molecule has 0 radical (unpaired) electrons. The van der Waals surface area contributed by atoms with Crippen molar-refractivity contribution >= 4 is 11.4 Å². The van der Waals surface area contributed by atoms with Crippen molar-refractivity contribution in [1.82, 2.24) is 0 Å². The van der Waals surface area contributed by atoms with E-state index in [1.54, 1.807) is 48.5 Å². The lowest BCUT2D eigenvalue weighted by molar-refractivity contribution is 0.590. The molecule has 22 heavy (non-hydrogen) atoms. The number of nitrogens with two attached hydrogens (primary N) is 2. The Morgan fingerprint density at radius 2 is 0.955 bits per heavy atom. The third-order valence-electron chi connectivity index (χ3n) is 3.49. The number of rotatable bonds is 2. The highest BCUT2D eigenvalue weighted by atomic mass is 19.1. The summed E-state index contributed by atoms with van der Waals surface area (Å²) in [5, 5.41) is 0. The van der Waals surface area contributed by atoms with Gasteiger partial charge < -0.3 is 11.5 Å². The maximum absolute atomic E-state index is 14.4. The van der Waals surface area contributed by atoms with Gasteiger partial charge >= 0.3 is 0 Å². The van der Waals surface area contributed by atoms with Crippen LogP contribution in [0, 0.1) is 11.6 Å². The minimum Gasteiger partial charge on any atom is -0.399 e. The van der Waals surface area contributed by atoms with E-state index < -0.39 is 11.6 Å². The fraction of sp³-hybridized carbons (Fsp3) is 0. The topological polar surface area (TPSA) is 52.0 Å². The molecule has 0 amide bonds. The molecule has 4 N–H and O–H groups in total. The Hall–Kier alpha value is -2.88. The smallest absolute Gasteiger partial charge is 0.134 e. The van der Waals surface area contributed by atoms with E-state index in [4.69, 9.17) is 11.5 Å². The summed E-state index contributed by atoms with van der Waals surface area (Å²) in [6.45, 7) is 0. The van der Waals surface area contributed by atoms with Gasteiger partial charge in [0.25, 0.3) is 0 Å². The lowest BCUT2D eigenvalue weighted by Gasteiger charge is -2.09. The molecule has 3 rings (SSSR count). The average Bonchev–Trinajstić information content (AvgIpc) is 2.49. The summed E-state index contributed by atoms with van der Waals surface area (Å²) >= 11 is 0. The molecule has 0 spiro atoms. The van der Waals surface area contributed by atoms with E-state index in [9.17, 15) is 8.78 Å². The van der Waals surface area contributed by atoms with Gasteiger partial charge in [0.15, 0.2) is 0 Å². The third-order valence-corrected chi connectivity index (χ3v) is 3.49. The molecule has 0 unspecified atom stereocenters. The van der Waals surface area contributed by atoms with Crippen molar-refractivity contribution in [3.63, 3.8) is 0 Å². The maximum atomic E-state index is 14.4. The Morgan fingerprint density at radius 1 is 0.545 bits per heavy atom. The number of nitrogen functional groups attached to an aromatic ring is 2. The molecule has 3 aromatic carbocycles. The molecule has 0 saturated heterocycles. The lowest BCUT2D eigenvalue weighted by atomic mass is 9.98. The highest BCUT2D eigenvalue weighted by Crippen LogP contribution is 2.31. The van der Waals surface area contributed by atoms with E-state index in [2.05, 4.69) is 0 Å². The molecule has 0 aromatic heterocycles. The monoisotopic (exact) mass is 296 g/mol. The number of hydrogen-bond donors (Lipinski definition) is 2. The molecule has 0 aliphatic carbocycles. The molecular formula is C18H14F2N2. The maximum Gasteiger partial charge on any atom is 0.134 e. The van der Waals surface area contributed by atoms with E-state index in [1.165, 1.54) is 12.1 Å². The van der Waals surface area contributed by atoms with E-state index in [0.717, 1.165) is 0 Å². The molecule has 4 heteroatoms. The van der Waals surface area contributed by atoms with Crippen LogP contribution in [-0.4, -0.2) is 0 Å². The van der Waals surface area contributed by atoms with Crippen molar-refractivity contribution < 1.29 is 8.78 Å². The van der Waals surface area contributed by atoms with Crippen molar-refractivity contribution in [2.45, 2.75) is 0 Å². The van der Waals surface area contributed by atoms with Crippen molar-refractivity contribution in [3.05, 3.63) is 72.3 Å². The molecule has 2 nitrogen and oxygen atoms in total. The number of hydrogen-bond acceptors (Lipinski definition) is 2. The van der Waals surface area contributed by atoms with Crippen molar-refractivity contribution in [2.75, 3.05) is 11.5 Å². The molecule has 0 aliphatic heterocycles. The average molecular weight is 296 g/mol. The van der Waals surface area contributed by atoms with Gasteiger partial charge in [0, 0.05) is 11.4 Å². The largest absolute Gasteiger partial charge is 0.399 e. The van der Waals surface area contributed by atoms with Crippen LogP contribution in [0.4, 0.5) is 20.2 Å². The fourth-order valence-electron chi connectivity index (χ4n) is 2.34. The van der Waals surface area contributed by atoms with Crippen LogP contribution in [-0.2, 0) is 0 Å². The van der Waals surface area contributed by atoms with Gasteiger partial charge in [0.05, 0.1) is 5.56 Å². The first-order valence-electron chi connectivity index (χ1n) is 6.75. The predicted octanol–water partition coefficient (Wildman–Crippen LogP) is 4.46. The second kappa shape index (κ2) is 5.48. The Morgan fingerprint density at radius 3 is 1.41 bits per heavy atom. The summed E-state index contributed by atoms with van der Waals surface area (Å²) in [7, 11) is 0. The van der Waals surface area contributed by atoms with Gasteiger partial charge in [0.1, 0.15) is 11.6 Å². The summed E-state index contributed by atoms with van der Waals surface area (Å²) in [4.78, 5) is 0. The van der Waals surface area contributed by atoms with Gasteiger partial charge in [-0.2, -0.15) is 0 Å². The number of benzene rings is 3. The number of anilines is 2. The van der Waals surface area contributed by atoms with Gasteiger partial charge in [-0.05, 0) is 53.1 Å². The highest BCUT2D eigenvalue weighted by molar-refractivity contribution is 5.73. The Balaban J connectivity index is 2.08. The lowest BCUT2D eigenvalue weighted by Crippen LogP contribution is -1.93. The zero-order valence-electron chi connectivity index (χ0n) is 11.7. The predicted molar refractivity (Wildman–Crippen MR) is 86.1 cm³/mol. The summed E-state index contributed by atoms with van der Waals surface area (Å²) in [6.07, 6.45) is 0. The standard InChI is InChI=1S/C18H14F2N2/c19-16-9-13(11-1-5-14(21)6-2-11)10-17(20)18(16)12-3-7-15(22)8-4-12/h1-10H,21-22H2. The van der Waals surface area contributed by atoms with Gasteiger partial charge in [-0.25, -0.2) is 8.78 Å². The molecular weight excluding hydrogens is 282 g/mol. The summed E-state index contributed by atoms with van der Waals surface area (Å²) in [5.74, 6) is -1.23. The van der Waals surface area contributed by atoms with Gasteiger partial charge in [-0.15, -0.1) is 0 Å². The molecule has 0 bridgehead atoms. The zero-order chi connectivity index (χ0) is 15.7. The highest BCUT2D eigenvalue weighted by Gasteiger charge is 2.14. The van der Waals surface area contributed by atoms with Gasteiger partial charge in [0.2, 0.25) is 0 Å². The second-order valence-corrected chi connectivity index (χ2v) is 5.06. The number of halogens is 2. The van der Waals surface area contributed by atoms with E-state index >= 15 is 0 Å². The van der Waals surface area contributed by atoms with E-state index in [1.807, 2.05) is 0 Å². The Bertz CT molecular complexity index is 786. The normalized spacial score (nSPS) is 10.6. The van der Waals surface area contributed by atoms with Gasteiger partial charge in [-0.3, -0.25) is 0 Å². The Labute approximate surface area is 127 Å². The van der Waals surface area contributed by atoms with Crippen molar-refractivity contribution in [3.8, 4) is 22.3 Å². The third kappa shape index (κ3) is 2.63. The van der Waals surface area contributed by atoms with Crippen LogP contribution >= 0.6 is 0 Å². The minimum atomic E-state index is -0.614. The van der Waals surface area contributed by atoms with Crippen molar-refractivity contribution in [2.24, 2.45) is 0 Å². The van der Waals surface area contributed by atoms with E-state index in [-0.39, 0.29) is 5.56 Å². The van der Waals surface area contributed by atoms with Crippen molar-refractivity contribution in [1.29, 1.82) is 0 Å². The fourth-order valence-corrected chi connectivity index (χ4v) is 2.34. The molecule has 110 valence electrons. The molecule has 0 saturated carbocycles. The van der Waals surface area contributed by atoms with Crippen LogP contribution in [0.1, 0.15) is 0 Å². The van der Waals surface area contributed by atoms with Gasteiger partial charge in [-0.1, -0.05) is 24.3 Å². The first-order chi connectivity index (χ1) is 10.5. The second-order valence-electron chi connectivity index (χ2n) is 5.06. The molecule has 0 aliphatic rings. The first-order valence-corrected chi connectivity index (χ1v) is 6.75. The van der Waals surface area contributed by atoms with Crippen LogP contribution < -0.4 is 11.5 Å². The van der Waals surface area contributed by atoms with Crippen LogP contribution in [0.3, 0.4) is 0 Å². The quantitative estimate of drug-likeness (QED) is 0.686. The minimum absolute atomic E-state index is 0.0563. The van der Waals surface area contributed by atoms with Crippen LogP contribution in [0.15, 0.2) is 60.7 Å². The first kappa shape index (κ1) is 14.1. The molecule has 0 heterocycles. The van der Waals surface area contributed by atoms with Crippen LogP contribution in [0.5, 0.6) is 0 Å². The van der Waals surface area contributed by atoms with Crippen LogP contribution in [0.2, 0.25) is 0 Å². The zero-order valence-corrected chi connectivity index (χ0v) is 11.7. The van der Waals surface area contributed by atoms with E-state index in [0.29, 0.717) is 28.1 Å². The molecule has 0 atom stereocenters. The molecule has 3 aromatic rings. The van der Waals surface area contributed by atoms with Crippen LogP contribution in [0.25, 0.3) is 22.3 Å². The SMILES string of the molecule is Nc1ccc(-c2cc(F)c(-c3ccc(N)cc3)c(F)c2)cc1. The Kier molecular flexibility index (Phi) is 3.51. The molecule has 0 fully saturated rings. The summed E-state index contributed by atoms with van der Waals surface area (Å²) < 4.78 is 28.7.